The molecule has 0 bridgehead atoms. The molecule has 1 heterocycles. The molecule has 0 saturated carbocycles. The van der Waals surface area contributed by atoms with E-state index < -0.39 is 0 Å². The fourth-order valence-electron chi connectivity index (χ4n) is 0.714. The van der Waals surface area contributed by atoms with Gasteiger partial charge < -0.3 is 10.0 Å². The van der Waals surface area contributed by atoms with Crippen LogP contribution in [0.5, 0.6) is 0 Å². The van der Waals surface area contributed by atoms with Crippen molar-refractivity contribution in [2.24, 2.45) is 5.16 Å². The molecule has 0 aliphatic heterocycles. The summed E-state index contributed by atoms with van der Waals surface area (Å²) in [5.74, 6) is 0. The molecule has 0 radical (unpaired) electrons. The van der Waals surface area contributed by atoms with Crippen LogP contribution < -0.4 is 4.73 Å². The van der Waals surface area contributed by atoms with E-state index in [-0.39, 0.29) is 11.4 Å². The number of nitrogens with zero attached hydrogens (tertiary/aromatic N) is 4. The van der Waals surface area contributed by atoms with Crippen molar-refractivity contribution in [3.8, 4) is 6.07 Å². The van der Waals surface area contributed by atoms with Gasteiger partial charge in [0.1, 0.15) is 13.2 Å². The molecule has 6 heteroatoms. The van der Waals surface area contributed by atoms with Crippen LogP contribution in [0.3, 0.4) is 0 Å². The van der Waals surface area contributed by atoms with Crippen molar-refractivity contribution in [3.05, 3.63) is 29.5 Å². The third kappa shape index (κ3) is 2.13. The van der Waals surface area contributed by atoms with Gasteiger partial charge in [0.25, 0.3) is 0 Å². The quantitative estimate of drug-likeness (QED) is 0.266. The van der Waals surface area contributed by atoms with Crippen LogP contribution in [0.25, 0.3) is 0 Å². The highest BCUT2D eigenvalue weighted by Crippen LogP contribution is 1.92. The number of oxime groups is 1. The summed E-state index contributed by atoms with van der Waals surface area (Å²) in [6.45, 7) is 0. The van der Waals surface area contributed by atoms with Gasteiger partial charge >= 0.3 is 0 Å². The van der Waals surface area contributed by atoms with E-state index in [9.17, 15) is 5.21 Å². The summed E-state index contributed by atoms with van der Waals surface area (Å²) in [6.07, 6.45) is 3.64. The minimum atomic E-state index is -0.0345. The Bertz CT molecular complexity index is 369. The molecule has 0 N–H and O–H groups in total. The largest absolute Gasteiger partial charge is 0.619 e. The van der Waals surface area contributed by atoms with Crippen LogP contribution in [0.15, 0.2) is 23.7 Å². The van der Waals surface area contributed by atoms with Crippen molar-refractivity contribution in [2.75, 3.05) is 7.11 Å². The van der Waals surface area contributed by atoms with Gasteiger partial charge in [-0.1, -0.05) is 5.16 Å². The Morgan fingerprint density at radius 2 is 2.62 bits per heavy atom. The molecule has 1 aromatic rings. The van der Waals surface area contributed by atoms with Gasteiger partial charge in [-0.3, -0.25) is 0 Å². The van der Waals surface area contributed by atoms with E-state index in [2.05, 4.69) is 15.0 Å². The molecule has 0 aromatic carbocycles. The van der Waals surface area contributed by atoms with Gasteiger partial charge in [0, 0.05) is 0 Å². The molecule has 6 nitrogen and oxygen atoms in total. The average Bonchev–Trinajstić information content (AvgIpc) is 2.14. The molecular formula is C7H6N4O2. The van der Waals surface area contributed by atoms with Crippen LogP contribution in [0.1, 0.15) is 5.69 Å². The fraction of sp³-hybridized carbons (Fsp3) is 0.143. The Morgan fingerprint density at radius 1 is 1.85 bits per heavy atom. The Kier molecular flexibility index (Phi) is 2.76. The van der Waals surface area contributed by atoms with Crippen molar-refractivity contribution in [1.29, 1.82) is 5.26 Å². The third-order valence-electron chi connectivity index (χ3n) is 1.21. The van der Waals surface area contributed by atoms with Gasteiger partial charge in [-0.15, -0.1) is 0 Å². The second kappa shape index (κ2) is 4.01. The van der Waals surface area contributed by atoms with E-state index in [0.717, 1.165) is 6.20 Å². The highest BCUT2D eigenvalue weighted by Gasteiger charge is 2.07. The second-order valence-corrected chi connectivity index (χ2v) is 2.04. The molecule has 0 amide bonds. The average molecular weight is 178 g/mol. The Balaban J connectivity index is 3.07. The first-order chi connectivity index (χ1) is 6.27. The molecule has 0 unspecified atom stereocenters. The summed E-state index contributed by atoms with van der Waals surface area (Å²) in [7, 11) is 1.31. The van der Waals surface area contributed by atoms with Crippen molar-refractivity contribution in [3.63, 3.8) is 0 Å². The predicted octanol–water partition coefficient (Wildman–Crippen LogP) is -0.411. The zero-order valence-corrected chi connectivity index (χ0v) is 6.84. The summed E-state index contributed by atoms with van der Waals surface area (Å²) in [5.41, 5.74) is 0.148. The summed E-state index contributed by atoms with van der Waals surface area (Å²) in [4.78, 5) is 8.18. The molecule has 0 aliphatic carbocycles. The maximum atomic E-state index is 10.8. The first-order valence-corrected chi connectivity index (χ1v) is 3.34. The first-order valence-electron chi connectivity index (χ1n) is 3.34. The first kappa shape index (κ1) is 8.93. The molecule has 0 fully saturated rings. The zero-order valence-electron chi connectivity index (χ0n) is 6.84. The van der Waals surface area contributed by atoms with Crippen LogP contribution in [0.4, 0.5) is 0 Å². The van der Waals surface area contributed by atoms with E-state index in [4.69, 9.17) is 5.26 Å². The van der Waals surface area contributed by atoms with Gasteiger partial charge in [-0.2, -0.15) is 9.99 Å². The normalized spacial score (nSPS) is 10.6. The Hall–Kier alpha value is -2.16. The monoisotopic (exact) mass is 178 g/mol. The minimum Gasteiger partial charge on any atom is -0.619 e. The molecule has 0 atom stereocenters. The predicted molar refractivity (Wildman–Crippen MR) is 42.4 cm³/mol. The van der Waals surface area contributed by atoms with E-state index in [1.807, 2.05) is 0 Å². The lowest BCUT2D eigenvalue weighted by atomic mass is 10.3. The standard InChI is InChI=1S/C7H6N4O2/c1-13-10-6(4-8)7-5-11(12)3-2-9-7/h2-3,5H,1H3. The smallest absolute Gasteiger partial charge is 0.211 e. The van der Waals surface area contributed by atoms with Crippen LogP contribution in [-0.4, -0.2) is 17.8 Å². The van der Waals surface area contributed by atoms with E-state index >= 15 is 0 Å². The van der Waals surface area contributed by atoms with Crippen molar-refractivity contribution in [1.82, 2.24) is 4.98 Å². The van der Waals surface area contributed by atoms with Crippen LogP contribution >= 0.6 is 0 Å². The van der Waals surface area contributed by atoms with Crippen LogP contribution in [0, 0.1) is 16.5 Å². The lowest BCUT2D eigenvalue weighted by Crippen LogP contribution is -2.26. The molecular weight excluding hydrogens is 172 g/mol. The lowest BCUT2D eigenvalue weighted by molar-refractivity contribution is -0.606. The van der Waals surface area contributed by atoms with Crippen LogP contribution in [-0.2, 0) is 4.84 Å². The highest BCUT2D eigenvalue weighted by atomic mass is 16.6. The van der Waals surface area contributed by atoms with Gasteiger partial charge in [0.05, 0.1) is 6.20 Å². The highest BCUT2D eigenvalue weighted by molar-refractivity contribution is 6.09. The molecule has 1 rings (SSSR count). The SMILES string of the molecule is CON=C(C#N)c1c[n+]([O-])ccn1. The van der Waals surface area contributed by atoms with Gasteiger partial charge in [-0.25, -0.2) is 4.98 Å². The minimum absolute atomic E-state index is 0.0345. The number of hydrogen-bond donors (Lipinski definition) is 0. The lowest BCUT2D eigenvalue weighted by Gasteiger charge is -1.96. The summed E-state index contributed by atoms with van der Waals surface area (Å²) in [5, 5.41) is 22.8. The van der Waals surface area contributed by atoms with E-state index in [0.29, 0.717) is 4.73 Å². The summed E-state index contributed by atoms with van der Waals surface area (Å²) in [6, 6.07) is 1.76. The number of nitriles is 1. The molecule has 13 heavy (non-hydrogen) atoms. The Labute approximate surface area is 74.3 Å². The zero-order chi connectivity index (χ0) is 9.68. The van der Waals surface area contributed by atoms with Crippen molar-refractivity contribution in [2.45, 2.75) is 0 Å². The maximum absolute atomic E-state index is 10.8. The topological polar surface area (TPSA) is 85.2 Å². The third-order valence-corrected chi connectivity index (χ3v) is 1.21. The maximum Gasteiger partial charge on any atom is 0.211 e. The van der Waals surface area contributed by atoms with Gasteiger partial charge in [-0.05, 0) is 0 Å². The van der Waals surface area contributed by atoms with E-state index in [1.165, 1.54) is 19.5 Å². The number of hydrogen-bond acceptors (Lipinski definition) is 5. The molecule has 66 valence electrons. The van der Waals surface area contributed by atoms with Gasteiger partial charge in [0.15, 0.2) is 11.9 Å². The number of aromatic nitrogens is 2. The van der Waals surface area contributed by atoms with Crippen LogP contribution in [0.2, 0.25) is 0 Å². The molecule has 0 aliphatic rings. The molecule has 0 spiro atoms. The molecule has 0 saturated heterocycles. The number of rotatable bonds is 2. The fourth-order valence-corrected chi connectivity index (χ4v) is 0.714. The summed E-state index contributed by atoms with van der Waals surface area (Å²) < 4.78 is 0.533. The Morgan fingerprint density at radius 3 is 3.15 bits per heavy atom. The van der Waals surface area contributed by atoms with Crippen molar-refractivity contribution < 1.29 is 9.57 Å². The van der Waals surface area contributed by atoms with Gasteiger partial charge in [0.2, 0.25) is 11.9 Å². The summed E-state index contributed by atoms with van der Waals surface area (Å²) >= 11 is 0. The van der Waals surface area contributed by atoms with E-state index in [1.54, 1.807) is 6.07 Å². The molecule has 1 aromatic heterocycles. The second-order valence-electron chi connectivity index (χ2n) is 2.04. The van der Waals surface area contributed by atoms with Crippen molar-refractivity contribution >= 4 is 5.71 Å².